The second kappa shape index (κ2) is 32.2. The van der Waals surface area contributed by atoms with Crippen LogP contribution in [0.5, 0.6) is 0 Å². The molecule has 3 rings (SSSR count). The molecule has 3 aliphatic rings. The van der Waals surface area contributed by atoms with E-state index >= 15 is 0 Å². The van der Waals surface area contributed by atoms with Gasteiger partial charge in [-0.25, -0.2) is 14.4 Å². The van der Waals surface area contributed by atoms with Crippen molar-refractivity contribution in [3.05, 3.63) is 0 Å². The zero-order valence-electron chi connectivity index (χ0n) is 44.2. The molecule has 0 spiro atoms. The molecule has 8 amide bonds. The largest absolute Gasteiger partial charge is 0.479 e. The van der Waals surface area contributed by atoms with E-state index < -0.39 is 164 Å². The molecule has 0 aromatic heterocycles. The topological polar surface area (TPSA) is 482 Å². The lowest BCUT2D eigenvalue weighted by molar-refractivity contribution is -0.165. The number of carboxylic acid groups (broad SMARTS) is 2. The molecular weight excluding hydrogens is 1030 g/mol. The minimum Gasteiger partial charge on any atom is -0.479 e. The number of hydrogen-bond donors (Lipinski definition) is 15. The number of unbranched alkanes of at least 4 members (excludes halogenated alkanes) is 8. The Bertz CT molecular complexity index is 2150. The van der Waals surface area contributed by atoms with Crippen LogP contribution >= 0.6 is 0 Å². The van der Waals surface area contributed by atoms with Crippen molar-refractivity contribution in [2.24, 2.45) is 16.5 Å². The number of aliphatic hydroxyl groups excluding tert-OH is 5. The van der Waals surface area contributed by atoms with Gasteiger partial charge in [0.25, 0.3) is 0 Å². The van der Waals surface area contributed by atoms with Gasteiger partial charge in [0, 0.05) is 19.6 Å². The van der Waals surface area contributed by atoms with Crippen molar-refractivity contribution in [2.75, 3.05) is 26.2 Å². The number of nitrogens with one attached hydrogen (secondary N) is 6. The second-order valence-corrected chi connectivity index (χ2v) is 19.7. The number of carbonyl (C=O) groups is 11. The zero-order valence-corrected chi connectivity index (χ0v) is 44.2. The third-order valence-corrected chi connectivity index (χ3v) is 13.5. The molecule has 0 radical (unpaired) electrons. The van der Waals surface area contributed by atoms with Crippen LogP contribution in [0.3, 0.4) is 0 Å². The van der Waals surface area contributed by atoms with Gasteiger partial charge in [0.1, 0.15) is 48.4 Å². The van der Waals surface area contributed by atoms with Gasteiger partial charge in [0.15, 0.2) is 24.2 Å². The quantitative estimate of drug-likeness (QED) is 0.0234. The van der Waals surface area contributed by atoms with Crippen LogP contribution in [-0.4, -0.2) is 222 Å². The summed E-state index contributed by atoms with van der Waals surface area (Å²) in [6, 6.07) is -15.3. The molecule has 3 aliphatic heterocycles. The standard InChI is InChI=1S/C48H79N11O19/c1-4-5-6-7-8-9-10-11-12-15-26-22-31(63)55-32(25(3)61)40(68)52-24(2)43(71)58-20-14-17-29(58)39(67)53-27(16-13-19-51-48(49)50)38(66)56-33(36(64)45(73)74)41(69)54-28(23-60)44(72)59-21-18-30(62)35(59)42(70)57-34(47(77)78-26)37(65)46(75)76/h24-30,32-37,60-62,64-65H,4-23H2,1-3H3,(H,52,68)(H,53,67)(H,54,69)(H,55,63)(H,56,66)(H,57,70)(H,73,74)(H,75,76)(H4,49,50,51)/t24-,25-,26?,27+,28-,29+,30-,32-,33-,34+,35+,36-,37+/m1/s1. The van der Waals surface area contributed by atoms with Crippen LogP contribution < -0.4 is 43.4 Å². The predicted octanol–water partition coefficient (Wildman–Crippen LogP) is -5.58. The molecular formula is C48H79N11O19. The number of aliphatic carboxylic acids is 2. The molecule has 30 nitrogen and oxygen atoms in total. The van der Waals surface area contributed by atoms with Crippen LogP contribution in [-0.2, 0) is 57.5 Å². The highest BCUT2D eigenvalue weighted by Gasteiger charge is 2.47. The number of cyclic esters (lactones) is 1. The lowest BCUT2D eigenvalue weighted by atomic mass is 10.0. The molecule has 30 heteroatoms. The second-order valence-electron chi connectivity index (χ2n) is 19.7. The SMILES string of the molecule is CCCCCCCCCCCC1CC(=O)N[C@H]([C@@H](C)O)C(=O)N[C@H](C)C(=O)N2CCC[C@H]2C(=O)N[C@@H](CCCN=C(N)N)C(=O)N[C@H]([C@@H](O)C(=O)O)C(=O)N[C@H](CO)C(=O)N2CC[C@@H](O)[C@H]2C(=O)N[C@@H]([C@H](O)C(=O)O)C(=O)O1. The minimum absolute atomic E-state index is 0.0307. The molecule has 3 saturated heterocycles. The van der Waals surface area contributed by atoms with Crippen LogP contribution in [0, 0.1) is 0 Å². The van der Waals surface area contributed by atoms with Crippen molar-refractivity contribution in [2.45, 2.75) is 202 Å². The molecule has 1 unspecified atom stereocenters. The summed E-state index contributed by atoms with van der Waals surface area (Å²) in [5.41, 5.74) is 10.8. The fourth-order valence-electron chi connectivity index (χ4n) is 9.24. The van der Waals surface area contributed by atoms with Gasteiger partial charge in [0.2, 0.25) is 47.3 Å². The highest BCUT2D eigenvalue weighted by Crippen LogP contribution is 2.23. The molecule has 78 heavy (non-hydrogen) atoms. The third-order valence-electron chi connectivity index (χ3n) is 13.5. The van der Waals surface area contributed by atoms with E-state index in [4.69, 9.17) is 16.2 Å². The number of nitrogens with zero attached hydrogens (tertiary/aromatic N) is 3. The molecule has 0 aromatic carbocycles. The zero-order chi connectivity index (χ0) is 58.4. The summed E-state index contributed by atoms with van der Waals surface area (Å²) >= 11 is 0. The Labute approximate surface area is 450 Å². The Hall–Kier alpha value is -6.76. The Kier molecular flexibility index (Phi) is 27.1. The van der Waals surface area contributed by atoms with Crippen molar-refractivity contribution in [1.82, 2.24) is 41.7 Å². The number of nitrogens with two attached hydrogens (primary N) is 2. The number of aliphatic imine (C=N–C) groups is 1. The number of carboxylic acids is 2. The predicted molar refractivity (Wildman–Crippen MR) is 270 cm³/mol. The average Bonchev–Trinajstić information content (AvgIpc) is 4.04. The Morgan fingerprint density at radius 2 is 1.24 bits per heavy atom. The van der Waals surface area contributed by atoms with Crippen LogP contribution in [0.25, 0.3) is 0 Å². The van der Waals surface area contributed by atoms with Crippen molar-refractivity contribution in [1.29, 1.82) is 0 Å². The number of amides is 8. The number of fused-ring (bicyclic) bond motifs is 2. The normalized spacial score (nSPS) is 27.9. The van der Waals surface area contributed by atoms with Gasteiger partial charge in [-0.15, -0.1) is 0 Å². The summed E-state index contributed by atoms with van der Waals surface area (Å²) in [6.45, 7) is 2.57. The van der Waals surface area contributed by atoms with Gasteiger partial charge in [-0.3, -0.25) is 43.3 Å². The van der Waals surface area contributed by atoms with E-state index in [-0.39, 0.29) is 57.6 Å². The van der Waals surface area contributed by atoms with E-state index in [1.54, 1.807) is 0 Å². The highest BCUT2D eigenvalue weighted by molar-refractivity contribution is 6.00. The van der Waals surface area contributed by atoms with Gasteiger partial charge in [-0.2, -0.15) is 0 Å². The van der Waals surface area contributed by atoms with E-state index in [1.165, 1.54) is 6.92 Å². The summed E-state index contributed by atoms with van der Waals surface area (Å²) in [7, 11) is 0. The first kappa shape index (κ1) is 65.5. The van der Waals surface area contributed by atoms with Crippen LogP contribution in [0.1, 0.15) is 124 Å². The Morgan fingerprint density at radius 1 is 0.667 bits per heavy atom. The fraction of sp³-hybridized carbons (Fsp3) is 0.750. The molecule has 0 aliphatic carbocycles. The molecule has 3 fully saturated rings. The molecule has 440 valence electrons. The maximum atomic E-state index is 14.0. The van der Waals surface area contributed by atoms with Gasteiger partial charge >= 0.3 is 17.9 Å². The lowest BCUT2D eigenvalue weighted by Gasteiger charge is -2.32. The number of rotatable bonds is 20. The number of carbonyl (C=O) groups excluding carboxylic acids is 9. The van der Waals surface area contributed by atoms with Crippen LogP contribution in [0.2, 0.25) is 0 Å². The van der Waals surface area contributed by atoms with Gasteiger partial charge in [0.05, 0.1) is 25.2 Å². The van der Waals surface area contributed by atoms with Crippen molar-refractivity contribution in [3.63, 3.8) is 0 Å². The summed E-state index contributed by atoms with van der Waals surface area (Å²) in [5, 5.41) is 86.4. The Morgan fingerprint density at radius 3 is 1.83 bits per heavy atom. The molecule has 3 heterocycles. The monoisotopic (exact) mass is 1110 g/mol. The number of hydrogen-bond acceptors (Lipinski definition) is 18. The van der Waals surface area contributed by atoms with Crippen molar-refractivity contribution >= 4 is 71.1 Å². The number of guanidine groups is 1. The minimum atomic E-state index is -2.77. The lowest BCUT2D eigenvalue weighted by Crippen LogP contribution is -2.64. The first-order valence-corrected chi connectivity index (χ1v) is 26.3. The van der Waals surface area contributed by atoms with Crippen molar-refractivity contribution < 1.29 is 93.2 Å². The third kappa shape index (κ3) is 19.6. The Balaban J connectivity index is 2.12. The number of esters is 1. The first-order chi connectivity index (χ1) is 36.8. The molecule has 0 aromatic rings. The van der Waals surface area contributed by atoms with Crippen LogP contribution in [0.15, 0.2) is 4.99 Å². The molecule has 13 atom stereocenters. The van der Waals surface area contributed by atoms with E-state index in [9.17, 15) is 88.5 Å². The molecule has 17 N–H and O–H groups in total. The number of aliphatic hydroxyl groups is 5. The van der Waals surface area contributed by atoms with E-state index in [0.717, 1.165) is 56.8 Å². The smallest absolute Gasteiger partial charge is 0.335 e. The average molecular weight is 1110 g/mol. The maximum Gasteiger partial charge on any atom is 0.335 e. The van der Waals surface area contributed by atoms with E-state index in [0.29, 0.717) is 17.7 Å². The summed E-state index contributed by atoms with van der Waals surface area (Å²) in [5.74, 6) is -15.6. The fourth-order valence-corrected chi connectivity index (χ4v) is 9.24. The summed E-state index contributed by atoms with van der Waals surface area (Å²) < 4.78 is 5.59. The summed E-state index contributed by atoms with van der Waals surface area (Å²) in [6.07, 6.45) is -3.77. The van der Waals surface area contributed by atoms with Crippen molar-refractivity contribution in [3.8, 4) is 0 Å². The van der Waals surface area contributed by atoms with Gasteiger partial charge < -0.3 is 93.7 Å². The highest BCUT2D eigenvalue weighted by atomic mass is 16.5. The van der Waals surface area contributed by atoms with Gasteiger partial charge in [-0.05, 0) is 58.8 Å². The molecule has 0 saturated carbocycles. The van der Waals surface area contributed by atoms with Gasteiger partial charge in [-0.1, -0.05) is 58.3 Å². The first-order valence-electron chi connectivity index (χ1n) is 26.3. The van der Waals surface area contributed by atoms with Crippen LogP contribution in [0.4, 0.5) is 0 Å². The maximum absolute atomic E-state index is 14.0. The summed E-state index contributed by atoms with van der Waals surface area (Å²) in [4.78, 5) is 155. The number of ether oxygens (including phenoxy) is 1. The molecule has 0 bridgehead atoms. The van der Waals surface area contributed by atoms with E-state index in [2.05, 4.69) is 27.9 Å². The van der Waals surface area contributed by atoms with E-state index in [1.807, 2.05) is 16.0 Å².